The average Bonchev–Trinajstić information content (AvgIpc) is 2.48. The molecular weight excluding hydrogens is 286 g/mol. The van der Waals surface area contributed by atoms with Crippen LogP contribution in [-0.2, 0) is 14.4 Å². The summed E-state index contributed by atoms with van der Waals surface area (Å²) in [6, 6.07) is 7.17. The number of likely N-dealkylation sites (tertiary alicyclic amines) is 1. The van der Waals surface area contributed by atoms with E-state index in [1.165, 1.54) is 4.90 Å². The average molecular weight is 303 g/mol. The largest absolute Gasteiger partial charge is 0.475 e. The molecule has 2 aliphatic heterocycles. The summed E-state index contributed by atoms with van der Waals surface area (Å²) in [4.78, 5) is 37.2. The van der Waals surface area contributed by atoms with Gasteiger partial charge in [0.1, 0.15) is 11.7 Å². The molecule has 1 amide bonds. The van der Waals surface area contributed by atoms with Gasteiger partial charge in [-0.05, 0) is 18.6 Å². The second-order valence-electron chi connectivity index (χ2n) is 6.05. The minimum absolute atomic E-state index is 0.210. The molecule has 22 heavy (non-hydrogen) atoms. The van der Waals surface area contributed by atoms with E-state index in [-0.39, 0.29) is 5.92 Å². The van der Waals surface area contributed by atoms with Gasteiger partial charge in [-0.2, -0.15) is 0 Å². The van der Waals surface area contributed by atoms with Gasteiger partial charge >= 0.3 is 5.97 Å². The third-order valence-electron chi connectivity index (χ3n) is 5.09. The zero-order chi connectivity index (χ0) is 16.2. The number of benzene rings is 1. The maximum Gasteiger partial charge on any atom is 0.373 e. The molecule has 2 bridgehead atoms. The molecule has 1 fully saturated rings. The number of aliphatic carboxylic acids is 1. The van der Waals surface area contributed by atoms with Crippen LogP contribution in [0.1, 0.15) is 25.3 Å². The van der Waals surface area contributed by atoms with Gasteiger partial charge in [-0.15, -0.1) is 0 Å². The van der Waals surface area contributed by atoms with Gasteiger partial charge in [0.05, 0.1) is 0 Å². The standard InChI is InChI=1S/C16H17NO5/c1-8-11-9-6-4-5-7-10(9)22-16(8,2)17(3)14(19)12(11)13(18)15(20)21/h4-8,11-12H,1-3H3,(H,20,21). The molecule has 0 radical (unpaired) electrons. The Balaban J connectivity index is 2.22. The van der Waals surface area contributed by atoms with Crippen LogP contribution in [0.3, 0.4) is 0 Å². The summed E-state index contributed by atoms with van der Waals surface area (Å²) in [5, 5.41) is 9.08. The highest BCUT2D eigenvalue weighted by Crippen LogP contribution is 2.53. The molecule has 0 aliphatic carbocycles. The maximum absolute atomic E-state index is 12.6. The van der Waals surface area contributed by atoms with Crippen molar-refractivity contribution >= 4 is 17.7 Å². The predicted octanol–water partition coefficient (Wildman–Crippen LogP) is 1.26. The van der Waals surface area contributed by atoms with E-state index in [4.69, 9.17) is 9.84 Å². The number of fused-ring (bicyclic) bond motifs is 4. The summed E-state index contributed by atoms with van der Waals surface area (Å²) in [5.41, 5.74) is -0.181. The van der Waals surface area contributed by atoms with Crippen LogP contribution in [0, 0.1) is 11.8 Å². The number of carboxylic acids is 1. The number of para-hydroxylation sites is 1. The first-order valence-electron chi connectivity index (χ1n) is 7.11. The predicted molar refractivity (Wildman–Crippen MR) is 76.3 cm³/mol. The number of piperidine rings is 1. The second kappa shape index (κ2) is 4.56. The number of carboxylic acid groups (broad SMARTS) is 1. The molecule has 2 aliphatic rings. The van der Waals surface area contributed by atoms with Gasteiger partial charge in [-0.1, -0.05) is 25.1 Å². The maximum atomic E-state index is 12.6. The number of carbonyl (C=O) groups is 3. The van der Waals surface area contributed by atoms with Gasteiger partial charge < -0.3 is 14.7 Å². The van der Waals surface area contributed by atoms with Crippen LogP contribution < -0.4 is 4.74 Å². The summed E-state index contributed by atoms with van der Waals surface area (Å²) in [7, 11) is 1.55. The molecule has 0 saturated carbocycles. The molecule has 1 aromatic rings. The lowest BCUT2D eigenvalue weighted by Crippen LogP contribution is -2.67. The first-order valence-corrected chi connectivity index (χ1v) is 7.11. The first-order chi connectivity index (χ1) is 10.3. The van der Waals surface area contributed by atoms with Gasteiger partial charge in [-0.25, -0.2) is 4.79 Å². The number of amides is 1. The molecule has 3 rings (SSSR count). The Morgan fingerprint density at radius 2 is 1.95 bits per heavy atom. The number of hydrogen-bond donors (Lipinski definition) is 1. The van der Waals surface area contributed by atoms with E-state index in [1.807, 2.05) is 13.0 Å². The van der Waals surface area contributed by atoms with Crippen LogP contribution in [-0.4, -0.2) is 40.4 Å². The molecule has 4 unspecified atom stereocenters. The van der Waals surface area contributed by atoms with E-state index in [1.54, 1.807) is 32.2 Å². The molecule has 116 valence electrons. The number of ether oxygens (including phenoxy) is 1. The highest BCUT2D eigenvalue weighted by atomic mass is 16.5. The normalized spacial score (nSPS) is 33.0. The Labute approximate surface area is 127 Å². The third-order valence-corrected chi connectivity index (χ3v) is 5.09. The lowest BCUT2D eigenvalue weighted by Gasteiger charge is -2.55. The molecule has 0 spiro atoms. The van der Waals surface area contributed by atoms with Gasteiger partial charge in [0, 0.05) is 18.9 Å². The summed E-state index contributed by atoms with van der Waals surface area (Å²) in [6.07, 6.45) is 0. The minimum Gasteiger partial charge on any atom is -0.475 e. The summed E-state index contributed by atoms with van der Waals surface area (Å²) < 4.78 is 6.02. The number of hydrogen-bond acceptors (Lipinski definition) is 4. The fourth-order valence-electron chi connectivity index (χ4n) is 3.60. The zero-order valence-electron chi connectivity index (χ0n) is 12.6. The van der Waals surface area contributed by atoms with Crippen LogP contribution in [0.5, 0.6) is 5.75 Å². The van der Waals surface area contributed by atoms with E-state index in [9.17, 15) is 14.4 Å². The highest BCUT2D eigenvalue weighted by molar-refractivity contribution is 6.37. The molecule has 6 heteroatoms. The quantitative estimate of drug-likeness (QED) is 0.657. The summed E-state index contributed by atoms with van der Waals surface area (Å²) in [5.74, 6) is -4.47. The Morgan fingerprint density at radius 3 is 2.59 bits per heavy atom. The highest BCUT2D eigenvalue weighted by Gasteiger charge is 2.60. The summed E-state index contributed by atoms with van der Waals surface area (Å²) in [6.45, 7) is 3.67. The first kappa shape index (κ1) is 14.6. The van der Waals surface area contributed by atoms with Gasteiger partial charge in [0.15, 0.2) is 5.72 Å². The van der Waals surface area contributed by atoms with Crippen molar-refractivity contribution in [3.05, 3.63) is 29.8 Å². The van der Waals surface area contributed by atoms with Gasteiger partial charge in [0.25, 0.3) is 5.78 Å². The zero-order valence-corrected chi connectivity index (χ0v) is 12.6. The summed E-state index contributed by atoms with van der Waals surface area (Å²) >= 11 is 0. The van der Waals surface area contributed by atoms with Crippen LogP contribution in [0.25, 0.3) is 0 Å². The van der Waals surface area contributed by atoms with Crippen molar-refractivity contribution in [2.75, 3.05) is 7.05 Å². The van der Waals surface area contributed by atoms with Crippen LogP contribution in [0.2, 0.25) is 0 Å². The van der Waals surface area contributed by atoms with Gasteiger partial charge in [0.2, 0.25) is 5.91 Å². The molecule has 0 aromatic heterocycles. The number of rotatable bonds is 2. The van der Waals surface area contributed by atoms with E-state index >= 15 is 0 Å². The molecular formula is C16H17NO5. The van der Waals surface area contributed by atoms with Crippen LogP contribution in [0.4, 0.5) is 0 Å². The lowest BCUT2D eigenvalue weighted by atomic mass is 9.66. The van der Waals surface area contributed by atoms with Crippen molar-refractivity contribution < 1.29 is 24.2 Å². The topological polar surface area (TPSA) is 83.9 Å². The fourth-order valence-corrected chi connectivity index (χ4v) is 3.60. The molecule has 4 atom stereocenters. The van der Waals surface area contributed by atoms with Crippen molar-refractivity contribution in [1.29, 1.82) is 0 Å². The number of ketones is 1. The van der Waals surface area contributed by atoms with Crippen molar-refractivity contribution in [3.8, 4) is 5.75 Å². The number of Topliss-reactive ketones (excluding diaryl/α,β-unsaturated/α-hetero) is 1. The second-order valence-corrected chi connectivity index (χ2v) is 6.05. The molecule has 6 nitrogen and oxygen atoms in total. The molecule has 2 heterocycles. The van der Waals surface area contributed by atoms with Gasteiger partial charge in [-0.3, -0.25) is 9.59 Å². The number of nitrogens with zero attached hydrogens (tertiary/aromatic N) is 1. The SMILES string of the molecule is CC1C2c3ccccc3OC1(C)N(C)C(=O)C2C(=O)C(=O)O. The molecule has 1 saturated heterocycles. The molecule has 1 aromatic carbocycles. The van der Waals surface area contributed by atoms with Crippen LogP contribution in [0.15, 0.2) is 24.3 Å². The smallest absolute Gasteiger partial charge is 0.373 e. The Bertz CT molecular complexity index is 685. The number of carbonyl (C=O) groups excluding carboxylic acids is 2. The van der Waals surface area contributed by atoms with Crippen molar-refractivity contribution in [2.45, 2.75) is 25.5 Å². The Hall–Kier alpha value is -2.37. The Morgan fingerprint density at radius 1 is 1.32 bits per heavy atom. The van der Waals surface area contributed by atoms with Crippen molar-refractivity contribution in [1.82, 2.24) is 4.90 Å². The van der Waals surface area contributed by atoms with Crippen LogP contribution >= 0.6 is 0 Å². The van der Waals surface area contributed by atoms with Crippen molar-refractivity contribution in [3.63, 3.8) is 0 Å². The Kier molecular flexibility index (Phi) is 3.02. The third kappa shape index (κ3) is 1.70. The minimum atomic E-state index is -1.58. The lowest BCUT2D eigenvalue weighted by molar-refractivity contribution is -0.186. The van der Waals surface area contributed by atoms with E-state index in [0.717, 1.165) is 0 Å². The van der Waals surface area contributed by atoms with E-state index < -0.39 is 35.2 Å². The van der Waals surface area contributed by atoms with E-state index in [0.29, 0.717) is 11.3 Å². The monoisotopic (exact) mass is 303 g/mol. The molecule has 1 N–H and O–H groups in total. The van der Waals surface area contributed by atoms with E-state index in [2.05, 4.69) is 0 Å². The van der Waals surface area contributed by atoms with Crippen molar-refractivity contribution in [2.24, 2.45) is 11.8 Å². The fraction of sp³-hybridized carbons (Fsp3) is 0.438.